The molecule has 3 aromatic rings. The van der Waals surface area contributed by atoms with Crippen molar-refractivity contribution in [2.75, 3.05) is 6.61 Å². The van der Waals surface area contributed by atoms with Gasteiger partial charge in [0.2, 0.25) is 10.0 Å². The van der Waals surface area contributed by atoms with Crippen molar-refractivity contribution >= 4 is 43.5 Å². The van der Waals surface area contributed by atoms with Gasteiger partial charge in [0.15, 0.2) is 4.80 Å². The zero-order chi connectivity index (χ0) is 20.3. The van der Waals surface area contributed by atoms with Crippen LogP contribution >= 0.6 is 11.3 Å². The standard InChI is InChI=1S/C16H15N5O5S2/c1-2-26-14(22)9-21-12-4-3-10(28(17,24)25)7-13(12)27-16(21)20-15(23)11-8-18-5-6-19-11/h3-8H,2,9H2,1H3,(H2,17,24,25). The third kappa shape index (κ3) is 4.30. The molecule has 10 nitrogen and oxygen atoms in total. The van der Waals surface area contributed by atoms with E-state index in [0.717, 1.165) is 11.3 Å². The first-order valence-electron chi connectivity index (χ1n) is 7.96. The molecule has 1 aromatic carbocycles. The molecule has 0 atom stereocenters. The number of amides is 1. The van der Waals surface area contributed by atoms with Crippen LogP contribution in [-0.2, 0) is 26.1 Å². The number of esters is 1. The van der Waals surface area contributed by atoms with Gasteiger partial charge in [0.1, 0.15) is 12.2 Å². The molecule has 2 N–H and O–H groups in total. The van der Waals surface area contributed by atoms with E-state index in [1.165, 1.54) is 41.4 Å². The number of fused-ring (bicyclic) bond motifs is 1. The molecule has 0 fully saturated rings. The Kier molecular flexibility index (Phi) is 5.63. The van der Waals surface area contributed by atoms with Crippen LogP contribution in [0, 0.1) is 0 Å². The van der Waals surface area contributed by atoms with E-state index in [9.17, 15) is 18.0 Å². The number of nitrogens with two attached hydrogens (primary N) is 1. The molecule has 0 spiro atoms. The number of benzene rings is 1. The molecule has 2 aromatic heterocycles. The maximum atomic E-state index is 12.4. The van der Waals surface area contributed by atoms with Crippen molar-refractivity contribution in [2.45, 2.75) is 18.4 Å². The van der Waals surface area contributed by atoms with E-state index in [1.807, 2.05) is 0 Å². The summed E-state index contributed by atoms with van der Waals surface area (Å²) in [5.41, 5.74) is 0.545. The van der Waals surface area contributed by atoms with Crippen LogP contribution in [-0.4, -0.2) is 41.4 Å². The fraction of sp³-hybridized carbons (Fsp3) is 0.188. The molecule has 3 rings (SSSR count). The van der Waals surface area contributed by atoms with Gasteiger partial charge in [-0.2, -0.15) is 4.99 Å². The van der Waals surface area contributed by atoms with Crippen molar-refractivity contribution in [2.24, 2.45) is 10.1 Å². The molecule has 12 heteroatoms. The Balaban J connectivity index is 2.17. The average molecular weight is 421 g/mol. The monoisotopic (exact) mass is 421 g/mol. The summed E-state index contributed by atoms with van der Waals surface area (Å²) < 4.78 is 30.1. The molecule has 0 radical (unpaired) electrons. The summed E-state index contributed by atoms with van der Waals surface area (Å²) in [6.45, 7) is 1.67. The average Bonchev–Trinajstić information content (AvgIpc) is 2.98. The van der Waals surface area contributed by atoms with Crippen LogP contribution in [0.4, 0.5) is 0 Å². The molecule has 28 heavy (non-hydrogen) atoms. The van der Waals surface area contributed by atoms with Gasteiger partial charge in [-0.15, -0.1) is 0 Å². The normalized spacial score (nSPS) is 12.3. The number of aromatic nitrogens is 3. The second-order valence-electron chi connectivity index (χ2n) is 5.46. The second-order valence-corrected chi connectivity index (χ2v) is 8.03. The quantitative estimate of drug-likeness (QED) is 0.588. The van der Waals surface area contributed by atoms with Crippen molar-refractivity contribution in [3.8, 4) is 0 Å². The van der Waals surface area contributed by atoms with Crippen LogP contribution in [0.15, 0.2) is 46.7 Å². The summed E-state index contributed by atoms with van der Waals surface area (Å²) in [5, 5.41) is 5.17. The Labute approximate surface area is 163 Å². The summed E-state index contributed by atoms with van der Waals surface area (Å²) >= 11 is 1.04. The van der Waals surface area contributed by atoms with E-state index in [-0.39, 0.29) is 28.5 Å². The van der Waals surface area contributed by atoms with Crippen LogP contribution in [0.5, 0.6) is 0 Å². The van der Waals surface area contributed by atoms with Crippen LogP contribution in [0.25, 0.3) is 10.2 Å². The lowest BCUT2D eigenvalue weighted by Gasteiger charge is -2.05. The third-order valence-electron chi connectivity index (χ3n) is 3.55. The van der Waals surface area contributed by atoms with Gasteiger partial charge in [0, 0.05) is 12.4 Å². The molecule has 0 aliphatic rings. The summed E-state index contributed by atoms with van der Waals surface area (Å²) in [5.74, 6) is -1.17. The number of primary sulfonamides is 1. The van der Waals surface area contributed by atoms with Crippen LogP contribution < -0.4 is 9.94 Å². The highest BCUT2D eigenvalue weighted by Crippen LogP contribution is 2.21. The van der Waals surface area contributed by atoms with Crippen LogP contribution in [0.3, 0.4) is 0 Å². The molecular weight excluding hydrogens is 406 g/mol. The lowest BCUT2D eigenvalue weighted by Crippen LogP contribution is -2.23. The van der Waals surface area contributed by atoms with E-state index in [4.69, 9.17) is 9.88 Å². The topological polar surface area (TPSA) is 147 Å². The minimum atomic E-state index is -3.91. The Hall–Kier alpha value is -2.96. The zero-order valence-electron chi connectivity index (χ0n) is 14.6. The Morgan fingerprint density at radius 1 is 1.32 bits per heavy atom. The summed E-state index contributed by atoms with van der Waals surface area (Å²) in [6.07, 6.45) is 4.05. The van der Waals surface area contributed by atoms with Crippen LogP contribution in [0.1, 0.15) is 17.4 Å². The predicted octanol–water partition coefficient (Wildman–Crippen LogP) is 0.444. The number of carbonyl (C=O) groups excluding carboxylic acids is 2. The highest BCUT2D eigenvalue weighted by Gasteiger charge is 2.16. The maximum absolute atomic E-state index is 12.4. The summed E-state index contributed by atoms with van der Waals surface area (Å²) in [4.78, 5) is 36.2. The smallest absolute Gasteiger partial charge is 0.326 e. The number of thiazole rings is 1. The Morgan fingerprint density at radius 2 is 2.11 bits per heavy atom. The van der Waals surface area contributed by atoms with Gasteiger partial charge in [0.05, 0.1) is 27.9 Å². The summed E-state index contributed by atoms with van der Waals surface area (Å²) in [7, 11) is -3.91. The first kappa shape index (κ1) is 19.8. The van der Waals surface area contributed by atoms with Gasteiger partial charge >= 0.3 is 5.97 Å². The van der Waals surface area contributed by atoms with Crippen molar-refractivity contribution in [1.29, 1.82) is 0 Å². The van der Waals surface area contributed by atoms with Crippen molar-refractivity contribution in [3.05, 3.63) is 47.3 Å². The molecule has 146 valence electrons. The van der Waals surface area contributed by atoms with Gasteiger partial charge in [-0.1, -0.05) is 11.3 Å². The van der Waals surface area contributed by atoms with E-state index < -0.39 is 21.9 Å². The molecule has 0 aliphatic heterocycles. The molecule has 1 amide bonds. The number of hydrogen-bond acceptors (Lipinski definition) is 8. The Bertz CT molecular complexity index is 1220. The highest BCUT2D eigenvalue weighted by atomic mass is 32.2. The Morgan fingerprint density at radius 3 is 2.75 bits per heavy atom. The first-order chi connectivity index (χ1) is 13.3. The zero-order valence-corrected chi connectivity index (χ0v) is 16.2. The van der Waals surface area contributed by atoms with Gasteiger partial charge < -0.3 is 9.30 Å². The minimum Gasteiger partial charge on any atom is -0.465 e. The van der Waals surface area contributed by atoms with Crippen molar-refractivity contribution in [1.82, 2.24) is 14.5 Å². The van der Waals surface area contributed by atoms with Gasteiger partial charge in [-0.3, -0.25) is 14.6 Å². The number of sulfonamides is 1. The molecular formula is C16H15N5O5S2. The fourth-order valence-electron chi connectivity index (χ4n) is 2.36. The number of nitrogens with zero attached hydrogens (tertiary/aromatic N) is 4. The predicted molar refractivity (Wildman–Crippen MR) is 99.7 cm³/mol. The van der Waals surface area contributed by atoms with Gasteiger partial charge in [-0.25, -0.2) is 18.5 Å². The van der Waals surface area contributed by atoms with Crippen molar-refractivity contribution in [3.63, 3.8) is 0 Å². The van der Waals surface area contributed by atoms with E-state index >= 15 is 0 Å². The third-order valence-corrected chi connectivity index (χ3v) is 5.51. The SMILES string of the molecule is CCOC(=O)Cn1c(=NC(=O)c2cnccn2)sc2cc(S(N)(=O)=O)ccc21. The maximum Gasteiger partial charge on any atom is 0.326 e. The number of hydrogen-bond donors (Lipinski definition) is 1. The number of rotatable bonds is 5. The van der Waals surface area contributed by atoms with Gasteiger partial charge in [0.25, 0.3) is 5.91 Å². The second kappa shape index (κ2) is 7.96. The summed E-state index contributed by atoms with van der Waals surface area (Å²) in [6, 6.07) is 4.18. The molecule has 2 heterocycles. The minimum absolute atomic E-state index is 0.0351. The lowest BCUT2D eigenvalue weighted by molar-refractivity contribution is -0.143. The molecule has 0 saturated heterocycles. The van der Waals surface area contributed by atoms with E-state index in [0.29, 0.717) is 10.2 Å². The first-order valence-corrected chi connectivity index (χ1v) is 10.3. The van der Waals surface area contributed by atoms with Crippen molar-refractivity contribution < 1.29 is 22.7 Å². The molecule has 0 aliphatic carbocycles. The molecule has 0 unspecified atom stereocenters. The van der Waals surface area contributed by atoms with Gasteiger partial charge in [-0.05, 0) is 25.1 Å². The largest absolute Gasteiger partial charge is 0.465 e. The van der Waals surface area contributed by atoms with E-state index in [1.54, 1.807) is 6.92 Å². The molecule has 0 saturated carbocycles. The van der Waals surface area contributed by atoms with Crippen LogP contribution in [0.2, 0.25) is 0 Å². The van der Waals surface area contributed by atoms with E-state index in [2.05, 4.69) is 15.0 Å². The molecule has 0 bridgehead atoms. The lowest BCUT2D eigenvalue weighted by atomic mass is 10.3. The highest BCUT2D eigenvalue weighted by molar-refractivity contribution is 7.89. The number of carbonyl (C=O) groups is 2. The fourth-order valence-corrected chi connectivity index (χ4v) is 4.04. The number of ether oxygens (including phenoxy) is 1.